The Morgan fingerprint density at radius 2 is 1.85 bits per heavy atom. The molecule has 0 radical (unpaired) electrons. The van der Waals surface area contributed by atoms with Gasteiger partial charge in [-0.1, -0.05) is 55.3 Å². The van der Waals surface area contributed by atoms with Crippen LogP contribution in [-0.4, -0.2) is 28.8 Å². The summed E-state index contributed by atoms with van der Waals surface area (Å²) in [5, 5.41) is 6.00. The lowest BCUT2D eigenvalue weighted by atomic mass is 9.91. The number of amidine groups is 1. The molecular weight excluding hydrogens is 522 g/mol. The van der Waals surface area contributed by atoms with Gasteiger partial charge in [-0.3, -0.25) is 9.79 Å². The van der Waals surface area contributed by atoms with Crippen molar-refractivity contribution in [3.8, 4) is 0 Å². The first-order valence-corrected chi connectivity index (χ1v) is 13.6. The Balaban J connectivity index is 1.78. The summed E-state index contributed by atoms with van der Waals surface area (Å²) in [5.41, 5.74) is 12.6. The molecule has 1 aromatic heterocycles. The van der Waals surface area contributed by atoms with E-state index in [2.05, 4.69) is 39.4 Å². The van der Waals surface area contributed by atoms with Crippen LogP contribution in [0.1, 0.15) is 79.5 Å². The predicted molar refractivity (Wildman–Crippen MR) is 162 cm³/mol. The van der Waals surface area contributed by atoms with Crippen LogP contribution in [0.15, 0.2) is 70.9 Å². The van der Waals surface area contributed by atoms with Gasteiger partial charge in [-0.25, -0.2) is 18.7 Å². The zero-order chi connectivity index (χ0) is 30.1. The number of nitrogens with one attached hydrogen (secondary N) is 2. The molecule has 0 spiro atoms. The molecule has 41 heavy (non-hydrogen) atoms. The Labute approximate surface area is 240 Å². The largest absolute Gasteiger partial charge is 0.383 e. The quantitative estimate of drug-likeness (QED) is 0.138. The summed E-state index contributed by atoms with van der Waals surface area (Å²) in [7, 11) is 1.70. The Bertz CT molecular complexity index is 1480. The standard InChI is InChI=1S/C32H38F2N6O/c1-7-9-19(3)28(30(35)36-6)25(8-2)23-12-10-22(11-13-23)18-38-31-29(39-20(4)17-37-31)32(41)40-21(5)24-14-15-26(33)27(34)16-24/h8,10-17,21H,7,9,18H2,1-6H3,(H2,35,36)(H,37,38)(H,40,41)/b25-8-,28-19+. The number of halogens is 2. The molecule has 0 aliphatic heterocycles. The van der Waals surface area contributed by atoms with Gasteiger partial charge < -0.3 is 16.4 Å². The highest BCUT2D eigenvalue weighted by Gasteiger charge is 2.19. The molecule has 0 saturated heterocycles. The molecule has 0 saturated carbocycles. The van der Waals surface area contributed by atoms with Gasteiger partial charge in [0.15, 0.2) is 23.1 Å². The number of carbonyl (C=O) groups excluding carboxylic acids is 1. The highest BCUT2D eigenvalue weighted by Crippen LogP contribution is 2.28. The molecule has 0 aliphatic rings. The number of allylic oxidation sites excluding steroid dienone is 2. The molecule has 216 valence electrons. The lowest BCUT2D eigenvalue weighted by Gasteiger charge is -2.17. The first kappa shape index (κ1) is 31.1. The third-order valence-corrected chi connectivity index (χ3v) is 6.73. The average Bonchev–Trinajstić information content (AvgIpc) is 2.96. The number of aliphatic imine (C=N–C) groups is 1. The smallest absolute Gasteiger partial charge is 0.274 e. The Kier molecular flexibility index (Phi) is 10.9. The van der Waals surface area contributed by atoms with E-state index in [-0.39, 0.29) is 5.69 Å². The van der Waals surface area contributed by atoms with Crippen LogP contribution in [0.4, 0.5) is 14.6 Å². The number of hydrogen-bond acceptors (Lipinski definition) is 5. The number of carbonyl (C=O) groups is 1. The number of hydrogen-bond donors (Lipinski definition) is 3. The van der Waals surface area contributed by atoms with Crippen LogP contribution in [0.2, 0.25) is 0 Å². The van der Waals surface area contributed by atoms with Gasteiger partial charge in [0.05, 0.1) is 17.9 Å². The topological polar surface area (TPSA) is 105 Å². The Morgan fingerprint density at radius 3 is 2.46 bits per heavy atom. The van der Waals surface area contributed by atoms with Gasteiger partial charge in [0.1, 0.15) is 5.84 Å². The van der Waals surface area contributed by atoms with Crippen LogP contribution in [0.3, 0.4) is 0 Å². The summed E-state index contributed by atoms with van der Waals surface area (Å²) in [4.78, 5) is 26.1. The van der Waals surface area contributed by atoms with E-state index in [1.807, 2.05) is 37.3 Å². The van der Waals surface area contributed by atoms with Gasteiger partial charge in [0, 0.05) is 19.2 Å². The van der Waals surface area contributed by atoms with Gasteiger partial charge >= 0.3 is 0 Å². The van der Waals surface area contributed by atoms with Crippen LogP contribution in [0.5, 0.6) is 0 Å². The first-order valence-electron chi connectivity index (χ1n) is 13.6. The molecule has 9 heteroatoms. The minimum atomic E-state index is -0.973. The highest BCUT2D eigenvalue weighted by atomic mass is 19.2. The summed E-state index contributed by atoms with van der Waals surface area (Å²) in [6.07, 6.45) is 5.57. The SMILES string of the molecule is C/C=C(\C(C(N)=NC)=C(\C)CCC)c1ccc(CNc2ncc(C)nc2C(=O)NC(C)c2ccc(F)c(F)c2)cc1. The molecule has 1 amide bonds. The number of nitrogens with two attached hydrogens (primary N) is 1. The summed E-state index contributed by atoms with van der Waals surface area (Å²) in [6.45, 7) is 10.0. The van der Waals surface area contributed by atoms with E-state index >= 15 is 0 Å². The summed E-state index contributed by atoms with van der Waals surface area (Å²) in [6, 6.07) is 11.0. The van der Waals surface area contributed by atoms with Gasteiger partial charge in [-0.15, -0.1) is 0 Å². The molecule has 4 N–H and O–H groups in total. The number of anilines is 1. The maximum atomic E-state index is 13.7. The summed E-state index contributed by atoms with van der Waals surface area (Å²) >= 11 is 0. The second kappa shape index (κ2) is 14.3. The Hall–Kier alpha value is -4.40. The monoisotopic (exact) mass is 560 g/mol. The zero-order valence-corrected chi connectivity index (χ0v) is 24.5. The second-order valence-electron chi connectivity index (χ2n) is 9.84. The fourth-order valence-corrected chi connectivity index (χ4v) is 4.54. The molecule has 0 bridgehead atoms. The van der Waals surface area contributed by atoms with E-state index < -0.39 is 23.6 Å². The number of benzene rings is 2. The van der Waals surface area contributed by atoms with Crippen molar-refractivity contribution in [2.75, 3.05) is 12.4 Å². The predicted octanol–water partition coefficient (Wildman–Crippen LogP) is 6.67. The highest BCUT2D eigenvalue weighted by molar-refractivity contribution is 6.11. The maximum Gasteiger partial charge on any atom is 0.274 e. The fourth-order valence-electron chi connectivity index (χ4n) is 4.54. The molecule has 0 aliphatic carbocycles. The third kappa shape index (κ3) is 7.84. The number of amides is 1. The van der Waals surface area contributed by atoms with Gasteiger partial charge in [0.2, 0.25) is 0 Å². The van der Waals surface area contributed by atoms with Crippen LogP contribution in [-0.2, 0) is 6.54 Å². The second-order valence-corrected chi connectivity index (χ2v) is 9.84. The van der Waals surface area contributed by atoms with Crippen LogP contribution < -0.4 is 16.4 Å². The minimum Gasteiger partial charge on any atom is -0.383 e. The molecule has 3 rings (SSSR count). The zero-order valence-electron chi connectivity index (χ0n) is 24.5. The number of aromatic nitrogens is 2. The van der Waals surface area contributed by atoms with Crippen LogP contribution in [0, 0.1) is 18.6 Å². The van der Waals surface area contributed by atoms with Crippen molar-refractivity contribution in [3.63, 3.8) is 0 Å². The molecular formula is C32H38F2N6O. The van der Waals surface area contributed by atoms with Crippen molar-refractivity contribution in [1.82, 2.24) is 15.3 Å². The van der Waals surface area contributed by atoms with E-state index in [0.29, 0.717) is 29.5 Å². The van der Waals surface area contributed by atoms with Crippen LogP contribution >= 0.6 is 0 Å². The van der Waals surface area contributed by atoms with E-state index in [1.165, 1.54) is 11.6 Å². The molecule has 1 unspecified atom stereocenters. The molecule has 1 heterocycles. The van der Waals surface area contributed by atoms with Crippen molar-refractivity contribution < 1.29 is 13.6 Å². The van der Waals surface area contributed by atoms with Gasteiger partial charge in [-0.05, 0) is 68.5 Å². The van der Waals surface area contributed by atoms with Gasteiger partial charge in [0.25, 0.3) is 5.91 Å². The molecule has 7 nitrogen and oxygen atoms in total. The van der Waals surface area contributed by atoms with Crippen molar-refractivity contribution in [2.45, 2.75) is 60.0 Å². The lowest BCUT2D eigenvalue weighted by Crippen LogP contribution is -2.29. The van der Waals surface area contributed by atoms with Crippen molar-refractivity contribution >= 4 is 23.1 Å². The maximum absolute atomic E-state index is 13.7. The minimum absolute atomic E-state index is 0.114. The molecule has 2 aromatic carbocycles. The summed E-state index contributed by atoms with van der Waals surface area (Å²) < 4.78 is 27.0. The van der Waals surface area contributed by atoms with Gasteiger partial charge in [-0.2, -0.15) is 0 Å². The first-order chi connectivity index (χ1) is 19.6. The number of rotatable bonds is 11. The lowest BCUT2D eigenvalue weighted by molar-refractivity contribution is 0.0935. The third-order valence-electron chi connectivity index (χ3n) is 6.73. The normalized spacial score (nSPS) is 13.5. The van der Waals surface area contributed by atoms with E-state index in [1.54, 1.807) is 27.1 Å². The van der Waals surface area contributed by atoms with E-state index in [4.69, 9.17) is 5.73 Å². The van der Waals surface area contributed by atoms with E-state index in [0.717, 1.165) is 47.2 Å². The molecule has 3 aromatic rings. The molecule has 1 atom stereocenters. The van der Waals surface area contributed by atoms with E-state index in [9.17, 15) is 13.6 Å². The number of aryl methyl sites for hydroxylation is 1. The van der Waals surface area contributed by atoms with Crippen LogP contribution in [0.25, 0.3) is 5.57 Å². The Morgan fingerprint density at radius 1 is 1.15 bits per heavy atom. The number of nitrogens with zero attached hydrogens (tertiary/aromatic N) is 3. The van der Waals surface area contributed by atoms with Crippen molar-refractivity contribution in [1.29, 1.82) is 0 Å². The fraction of sp³-hybridized carbons (Fsp3) is 0.312. The van der Waals surface area contributed by atoms with Crippen molar-refractivity contribution in [2.24, 2.45) is 10.7 Å². The average molecular weight is 561 g/mol. The van der Waals surface area contributed by atoms with Crippen molar-refractivity contribution in [3.05, 3.63) is 106 Å². The summed E-state index contributed by atoms with van der Waals surface area (Å²) in [5.74, 6) is -1.57. The molecule has 0 fully saturated rings.